The third kappa shape index (κ3) is 4.24. The van der Waals surface area contributed by atoms with Crippen LogP contribution in [0.5, 0.6) is 0 Å². The number of carbonyl (C=O) groups is 1. The van der Waals surface area contributed by atoms with Crippen molar-refractivity contribution < 1.29 is 22.9 Å². The summed E-state index contributed by atoms with van der Waals surface area (Å²) in [4.78, 5) is 20.4. The molecule has 0 heterocycles. The number of hydrogen-bond acceptors (Lipinski definition) is 6. The molecule has 1 aromatic rings. The van der Waals surface area contributed by atoms with Crippen LogP contribution in [0.1, 0.15) is 0 Å². The molecule has 11 heteroatoms. The number of amides is 1. The summed E-state index contributed by atoms with van der Waals surface area (Å²) >= 11 is 5.62. The molecule has 1 amide bonds. The van der Waals surface area contributed by atoms with E-state index in [0.717, 1.165) is 10.4 Å². The summed E-state index contributed by atoms with van der Waals surface area (Å²) in [5.74, 6) is 0. The predicted octanol–water partition coefficient (Wildman–Crippen LogP) is 0.676. The van der Waals surface area contributed by atoms with Crippen LogP contribution in [-0.2, 0) is 15.6 Å². The summed E-state index contributed by atoms with van der Waals surface area (Å²) in [6.07, 6.45) is -1.05. The van der Waals surface area contributed by atoms with E-state index < -0.39 is 27.6 Å². The molecule has 0 aliphatic heterocycles. The molecule has 0 saturated heterocycles. The molecule has 0 unspecified atom stereocenters. The summed E-state index contributed by atoms with van der Waals surface area (Å²) in [5, 5.41) is 10.6. The van der Waals surface area contributed by atoms with Gasteiger partial charge in [0.25, 0.3) is 5.69 Å². The molecule has 1 aromatic carbocycles. The Kier molecular flexibility index (Phi) is 5.53. The van der Waals surface area contributed by atoms with E-state index >= 15 is 0 Å². The Hall–Kier alpha value is -2.07. The highest BCUT2D eigenvalue weighted by molar-refractivity contribution is 7.74. The van der Waals surface area contributed by atoms with Gasteiger partial charge in [0.2, 0.25) is 10.9 Å². The van der Waals surface area contributed by atoms with Crippen LogP contribution in [0, 0.1) is 10.1 Å². The molecule has 0 atom stereocenters. The number of hydrogen-bond donors (Lipinski definition) is 2. The van der Waals surface area contributed by atoms with Gasteiger partial charge in [-0.3, -0.25) is 14.4 Å². The number of nitrogens with two attached hydrogens (primary N) is 1. The standard InChI is InChI=1S/C9H10ClN3O6S/c10-7-2-1-6(5-8(7)13(15)16)12(20(17)18)3-4-19-9(11)14/h1-2,5,20H,3-4H2,(H2,11,14). The molecule has 1 rings (SSSR count). The Morgan fingerprint density at radius 3 is 2.65 bits per heavy atom. The van der Waals surface area contributed by atoms with Gasteiger partial charge in [-0.1, -0.05) is 11.6 Å². The molecule has 0 bridgehead atoms. The fraction of sp³-hybridized carbons (Fsp3) is 0.222. The van der Waals surface area contributed by atoms with E-state index in [1.165, 1.54) is 12.1 Å². The maximum Gasteiger partial charge on any atom is 0.404 e. The van der Waals surface area contributed by atoms with Crippen molar-refractivity contribution in [2.75, 3.05) is 17.5 Å². The Bertz CT molecular complexity index is 597. The normalized spacial score (nSPS) is 10.3. The maximum atomic E-state index is 11.1. The zero-order valence-electron chi connectivity index (χ0n) is 9.89. The predicted molar refractivity (Wildman–Crippen MR) is 71.3 cm³/mol. The fourth-order valence-corrected chi connectivity index (χ4v) is 2.08. The van der Waals surface area contributed by atoms with Crippen molar-refractivity contribution in [3.05, 3.63) is 33.3 Å². The maximum absolute atomic E-state index is 11.1. The lowest BCUT2D eigenvalue weighted by molar-refractivity contribution is -0.384. The first-order chi connectivity index (χ1) is 9.32. The van der Waals surface area contributed by atoms with E-state index in [4.69, 9.17) is 17.3 Å². The molecule has 20 heavy (non-hydrogen) atoms. The van der Waals surface area contributed by atoms with Crippen LogP contribution in [-0.4, -0.2) is 32.6 Å². The third-order valence-corrected chi connectivity index (χ3v) is 3.31. The minimum absolute atomic E-state index is 0.0327. The van der Waals surface area contributed by atoms with Gasteiger partial charge in [0.15, 0.2) is 0 Å². The van der Waals surface area contributed by atoms with Gasteiger partial charge < -0.3 is 10.5 Å². The van der Waals surface area contributed by atoms with E-state index in [0.29, 0.717) is 0 Å². The Morgan fingerprint density at radius 1 is 1.50 bits per heavy atom. The minimum Gasteiger partial charge on any atom is -0.448 e. The summed E-state index contributed by atoms with van der Waals surface area (Å²) < 4.78 is 27.5. The van der Waals surface area contributed by atoms with Crippen molar-refractivity contribution in [2.45, 2.75) is 0 Å². The average molecular weight is 324 g/mol. The number of nitrogens with zero attached hydrogens (tertiary/aromatic N) is 2. The van der Waals surface area contributed by atoms with E-state index in [1.54, 1.807) is 0 Å². The molecule has 0 aromatic heterocycles. The van der Waals surface area contributed by atoms with Crippen molar-refractivity contribution in [2.24, 2.45) is 5.73 Å². The molecule has 0 radical (unpaired) electrons. The van der Waals surface area contributed by atoms with Gasteiger partial charge in [-0.05, 0) is 12.1 Å². The van der Waals surface area contributed by atoms with Crippen LogP contribution < -0.4 is 10.0 Å². The van der Waals surface area contributed by atoms with E-state index in [-0.39, 0.29) is 23.9 Å². The zero-order chi connectivity index (χ0) is 15.3. The fourth-order valence-electron chi connectivity index (χ4n) is 1.34. The van der Waals surface area contributed by atoms with Crippen molar-refractivity contribution in [3.8, 4) is 0 Å². The first kappa shape index (κ1) is 16.0. The number of benzene rings is 1. The van der Waals surface area contributed by atoms with Gasteiger partial charge >= 0.3 is 6.09 Å². The van der Waals surface area contributed by atoms with Gasteiger partial charge in [-0.25, -0.2) is 13.2 Å². The largest absolute Gasteiger partial charge is 0.448 e. The number of nitro benzene ring substituents is 1. The molecule has 0 saturated carbocycles. The lowest BCUT2D eigenvalue weighted by atomic mass is 10.3. The van der Waals surface area contributed by atoms with Gasteiger partial charge in [-0.2, -0.15) is 0 Å². The van der Waals surface area contributed by atoms with Crippen molar-refractivity contribution in [1.82, 2.24) is 0 Å². The average Bonchev–Trinajstić information content (AvgIpc) is 2.34. The van der Waals surface area contributed by atoms with Crippen LogP contribution in [0.15, 0.2) is 18.2 Å². The number of halogens is 1. The van der Waals surface area contributed by atoms with Crippen LogP contribution in [0.25, 0.3) is 0 Å². The number of anilines is 1. The molecule has 0 fully saturated rings. The zero-order valence-corrected chi connectivity index (χ0v) is 11.5. The van der Waals surface area contributed by atoms with Crippen LogP contribution in [0.4, 0.5) is 16.2 Å². The van der Waals surface area contributed by atoms with E-state index in [9.17, 15) is 23.3 Å². The van der Waals surface area contributed by atoms with Gasteiger partial charge in [0.05, 0.1) is 17.2 Å². The summed E-state index contributed by atoms with van der Waals surface area (Å²) in [6, 6.07) is 3.51. The lowest BCUT2D eigenvalue weighted by Gasteiger charge is -2.17. The summed E-state index contributed by atoms with van der Waals surface area (Å²) in [5.41, 5.74) is 4.34. The lowest BCUT2D eigenvalue weighted by Crippen LogP contribution is -2.28. The molecule has 2 N–H and O–H groups in total. The molecular weight excluding hydrogens is 314 g/mol. The molecule has 0 aliphatic rings. The Labute approximate surface area is 120 Å². The number of rotatable bonds is 6. The molecular formula is C9H10ClN3O6S. The van der Waals surface area contributed by atoms with Crippen molar-refractivity contribution >= 4 is 40.0 Å². The monoisotopic (exact) mass is 323 g/mol. The van der Waals surface area contributed by atoms with Crippen LogP contribution in [0.3, 0.4) is 0 Å². The SMILES string of the molecule is NC(=O)OCCN(c1ccc(Cl)c([N+](=O)[O-])c1)[SH](=O)=O. The molecule has 110 valence electrons. The van der Waals surface area contributed by atoms with E-state index in [1.807, 2.05) is 0 Å². The Morgan fingerprint density at radius 2 is 2.15 bits per heavy atom. The topological polar surface area (TPSA) is 133 Å². The number of ether oxygens (including phenoxy) is 1. The molecule has 0 aliphatic carbocycles. The van der Waals surface area contributed by atoms with Gasteiger partial charge in [-0.15, -0.1) is 0 Å². The number of carbonyl (C=O) groups excluding carboxylic acids is 1. The van der Waals surface area contributed by atoms with Gasteiger partial charge in [0, 0.05) is 6.07 Å². The summed E-state index contributed by atoms with van der Waals surface area (Å²) in [7, 11) is -3.08. The second kappa shape index (κ2) is 6.91. The molecule has 0 spiro atoms. The first-order valence-corrected chi connectivity index (χ1v) is 6.61. The van der Waals surface area contributed by atoms with Gasteiger partial charge in [0.1, 0.15) is 11.6 Å². The number of primary amides is 1. The van der Waals surface area contributed by atoms with Crippen LogP contribution in [0.2, 0.25) is 5.02 Å². The summed E-state index contributed by atoms with van der Waals surface area (Å²) in [6.45, 7) is -0.504. The number of thiol groups is 1. The second-order valence-electron chi connectivity index (χ2n) is 3.42. The highest BCUT2D eigenvalue weighted by Crippen LogP contribution is 2.29. The van der Waals surface area contributed by atoms with Crippen LogP contribution >= 0.6 is 11.6 Å². The molecule has 9 nitrogen and oxygen atoms in total. The highest BCUT2D eigenvalue weighted by atomic mass is 35.5. The van der Waals surface area contributed by atoms with E-state index in [2.05, 4.69) is 4.74 Å². The smallest absolute Gasteiger partial charge is 0.404 e. The first-order valence-electron chi connectivity index (χ1n) is 5.11. The highest BCUT2D eigenvalue weighted by Gasteiger charge is 2.17. The van der Waals surface area contributed by atoms with Crippen molar-refractivity contribution in [3.63, 3.8) is 0 Å². The number of nitro groups is 1. The quantitative estimate of drug-likeness (QED) is 0.449. The third-order valence-electron chi connectivity index (χ3n) is 2.17. The van der Waals surface area contributed by atoms with Crippen molar-refractivity contribution in [1.29, 1.82) is 0 Å². The second-order valence-corrected chi connectivity index (χ2v) is 4.79. The minimum atomic E-state index is -3.08. The Balaban J connectivity index is 3.00.